The SMILES string of the molecule is NCCOc1ccc(NC(=O)Cc2cc(Cl)c3c(c2)OCCO3)cc1. The Bertz CT molecular complexity index is 749. The Kier molecular flexibility index (Phi) is 5.63. The van der Waals surface area contributed by atoms with Crippen molar-refractivity contribution in [1.29, 1.82) is 0 Å². The molecule has 0 unspecified atom stereocenters. The highest BCUT2D eigenvalue weighted by Crippen LogP contribution is 2.38. The molecule has 1 heterocycles. The molecule has 0 saturated heterocycles. The summed E-state index contributed by atoms with van der Waals surface area (Å²) < 4.78 is 16.4. The van der Waals surface area contributed by atoms with Crippen molar-refractivity contribution in [3.8, 4) is 17.2 Å². The number of anilines is 1. The van der Waals surface area contributed by atoms with E-state index < -0.39 is 0 Å². The normalized spacial score (nSPS) is 12.6. The van der Waals surface area contributed by atoms with Crippen LogP contribution in [0.5, 0.6) is 17.2 Å². The smallest absolute Gasteiger partial charge is 0.228 e. The van der Waals surface area contributed by atoms with Crippen molar-refractivity contribution in [2.24, 2.45) is 5.73 Å². The van der Waals surface area contributed by atoms with Crippen LogP contribution in [0.25, 0.3) is 0 Å². The quantitative estimate of drug-likeness (QED) is 0.825. The van der Waals surface area contributed by atoms with E-state index in [4.69, 9.17) is 31.5 Å². The van der Waals surface area contributed by atoms with E-state index in [2.05, 4.69) is 5.32 Å². The van der Waals surface area contributed by atoms with Crippen LogP contribution < -0.4 is 25.3 Å². The molecule has 0 bridgehead atoms. The van der Waals surface area contributed by atoms with Gasteiger partial charge in [0.1, 0.15) is 25.6 Å². The highest BCUT2D eigenvalue weighted by Gasteiger charge is 2.17. The lowest BCUT2D eigenvalue weighted by atomic mass is 10.1. The number of amides is 1. The first-order valence-corrected chi connectivity index (χ1v) is 8.34. The Morgan fingerprint density at radius 3 is 2.72 bits per heavy atom. The molecule has 132 valence electrons. The van der Waals surface area contributed by atoms with Gasteiger partial charge in [-0.2, -0.15) is 0 Å². The summed E-state index contributed by atoms with van der Waals surface area (Å²) in [5, 5.41) is 3.28. The van der Waals surface area contributed by atoms with Crippen molar-refractivity contribution < 1.29 is 19.0 Å². The van der Waals surface area contributed by atoms with Gasteiger partial charge in [-0.05, 0) is 42.0 Å². The lowest BCUT2D eigenvalue weighted by molar-refractivity contribution is -0.115. The van der Waals surface area contributed by atoms with Crippen molar-refractivity contribution >= 4 is 23.2 Å². The fourth-order valence-corrected chi connectivity index (χ4v) is 2.76. The van der Waals surface area contributed by atoms with Crippen molar-refractivity contribution in [2.45, 2.75) is 6.42 Å². The van der Waals surface area contributed by atoms with Gasteiger partial charge in [-0.3, -0.25) is 4.79 Å². The van der Waals surface area contributed by atoms with Crippen LogP contribution in [0, 0.1) is 0 Å². The number of hydrogen-bond donors (Lipinski definition) is 2. The number of rotatable bonds is 6. The topological polar surface area (TPSA) is 82.8 Å². The Morgan fingerprint density at radius 1 is 1.20 bits per heavy atom. The zero-order valence-corrected chi connectivity index (χ0v) is 14.3. The van der Waals surface area contributed by atoms with Crippen LogP contribution >= 0.6 is 11.6 Å². The number of carbonyl (C=O) groups excluding carboxylic acids is 1. The van der Waals surface area contributed by atoms with Gasteiger partial charge in [-0.1, -0.05) is 11.6 Å². The molecule has 25 heavy (non-hydrogen) atoms. The fourth-order valence-electron chi connectivity index (χ4n) is 2.47. The Hall–Kier alpha value is -2.44. The largest absolute Gasteiger partial charge is 0.492 e. The summed E-state index contributed by atoms with van der Waals surface area (Å²) in [6.07, 6.45) is 0.182. The van der Waals surface area contributed by atoms with Gasteiger partial charge in [0.15, 0.2) is 11.5 Å². The van der Waals surface area contributed by atoms with Gasteiger partial charge in [0.2, 0.25) is 5.91 Å². The summed E-state index contributed by atoms with van der Waals surface area (Å²) in [6, 6.07) is 10.6. The molecular formula is C18H19ClN2O4. The summed E-state index contributed by atoms with van der Waals surface area (Å²) in [6.45, 7) is 1.85. The minimum atomic E-state index is -0.150. The molecule has 0 aliphatic carbocycles. The minimum absolute atomic E-state index is 0.150. The van der Waals surface area contributed by atoms with E-state index in [1.54, 1.807) is 36.4 Å². The predicted molar refractivity (Wildman–Crippen MR) is 95.8 cm³/mol. The van der Waals surface area contributed by atoms with Gasteiger partial charge in [0.05, 0.1) is 11.4 Å². The fraction of sp³-hybridized carbons (Fsp3) is 0.278. The molecule has 0 radical (unpaired) electrons. The maximum Gasteiger partial charge on any atom is 0.228 e. The van der Waals surface area contributed by atoms with Crippen LogP contribution in [0.4, 0.5) is 5.69 Å². The zero-order chi connectivity index (χ0) is 17.6. The molecule has 7 heteroatoms. The van der Waals surface area contributed by atoms with Crippen molar-refractivity contribution in [2.75, 3.05) is 31.7 Å². The molecule has 0 spiro atoms. The molecule has 1 aliphatic rings. The molecule has 1 aliphatic heterocycles. The average Bonchev–Trinajstić information content (AvgIpc) is 2.61. The number of nitrogens with one attached hydrogen (secondary N) is 1. The third-order valence-corrected chi connectivity index (χ3v) is 3.83. The second-order valence-corrected chi connectivity index (χ2v) is 5.90. The third-order valence-electron chi connectivity index (χ3n) is 3.55. The standard InChI is InChI=1S/C18H19ClN2O4/c19-15-9-12(10-16-18(15)25-8-7-24-16)11-17(22)21-13-1-3-14(4-2-13)23-6-5-20/h1-4,9-10H,5-8,11,20H2,(H,21,22). The first-order valence-electron chi connectivity index (χ1n) is 7.96. The number of ether oxygens (including phenoxy) is 3. The highest BCUT2D eigenvalue weighted by atomic mass is 35.5. The van der Waals surface area contributed by atoms with E-state index in [-0.39, 0.29) is 12.3 Å². The predicted octanol–water partition coefficient (Wildman–Crippen LogP) is 2.63. The summed E-state index contributed by atoms with van der Waals surface area (Å²) in [7, 11) is 0. The maximum atomic E-state index is 12.2. The van der Waals surface area contributed by atoms with Crippen molar-refractivity contribution in [1.82, 2.24) is 0 Å². The number of benzene rings is 2. The van der Waals surface area contributed by atoms with Gasteiger partial charge < -0.3 is 25.3 Å². The summed E-state index contributed by atoms with van der Waals surface area (Å²) in [5.74, 6) is 1.67. The molecule has 2 aromatic carbocycles. The van der Waals surface area contributed by atoms with E-state index in [0.717, 1.165) is 5.56 Å². The average molecular weight is 363 g/mol. The second kappa shape index (κ2) is 8.09. The molecule has 6 nitrogen and oxygen atoms in total. The summed E-state index contributed by atoms with van der Waals surface area (Å²) in [4.78, 5) is 12.2. The first-order chi connectivity index (χ1) is 12.2. The van der Waals surface area contributed by atoms with E-state index in [1.165, 1.54) is 0 Å². The van der Waals surface area contributed by atoms with E-state index in [1.807, 2.05) is 0 Å². The van der Waals surface area contributed by atoms with Crippen molar-refractivity contribution in [3.05, 3.63) is 47.0 Å². The number of hydrogen-bond acceptors (Lipinski definition) is 5. The molecule has 0 saturated carbocycles. The molecule has 3 N–H and O–H groups in total. The maximum absolute atomic E-state index is 12.2. The molecule has 1 amide bonds. The number of fused-ring (bicyclic) bond motifs is 1. The molecule has 0 aromatic heterocycles. The van der Waals surface area contributed by atoms with E-state index >= 15 is 0 Å². The molecule has 0 atom stereocenters. The van der Waals surface area contributed by atoms with Gasteiger partial charge in [0, 0.05) is 12.2 Å². The third kappa shape index (κ3) is 4.55. The van der Waals surface area contributed by atoms with Gasteiger partial charge >= 0.3 is 0 Å². The Labute approximate surface area is 150 Å². The monoisotopic (exact) mass is 362 g/mol. The summed E-state index contributed by atoms with van der Waals surface area (Å²) in [5.41, 5.74) is 6.84. The van der Waals surface area contributed by atoms with Crippen LogP contribution in [-0.2, 0) is 11.2 Å². The first kappa shape index (κ1) is 17.4. The van der Waals surface area contributed by atoms with Crippen LogP contribution in [-0.4, -0.2) is 32.3 Å². The lowest BCUT2D eigenvalue weighted by Crippen LogP contribution is -2.17. The second-order valence-electron chi connectivity index (χ2n) is 5.49. The molecular weight excluding hydrogens is 344 g/mol. The van der Waals surface area contributed by atoms with Gasteiger partial charge in [-0.25, -0.2) is 0 Å². The van der Waals surface area contributed by atoms with Gasteiger partial charge in [-0.15, -0.1) is 0 Å². The highest BCUT2D eigenvalue weighted by molar-refractivity contribution is 6.32. The van der Waals surface area contributed by atoms with E-state index in [9.17, 15) is 4.79 Å². The molecule has 3 rings (SSSR count). The van der Waals surface area contributed by atoms with Crippen LogP contribution in [0.1, 0.15) is 5.56 Å². The molecule has 2 aromatic rings. The van der Waals surface area contributed by atoms with Crippen molar-refractivity contribution in [3.63, 3.8) is 0 Å². The van der Waals surface area contributed by atoms with Gasteiger partial charge in [0.25, 0.3) is 0 Å². The van der Waals surface area contributed by atoms with E-state index in [0.29, 0.717) is 54.3 Å². The summed E-state index contributed by atoms with van der Waals surface area (Å²) >= 11 is 6.19. The zero-order valence-electron chi connectivity index (χ0n) is 13.6. The van der Waals surface area contributed by atoms with Crippen LogP contribution in [0.2, 0.25) is 5.02 Å². The lowest BCUT2D eigenvalue weighted by Gasteiger charge is -2.20. The minimum Gasteiger partial charge on any atom is -0.492 e. The van der Waals surface area contributed by atoms with Crippen LogP contribution in [0.3, 0.4) is 0 Å². The Morgan fingerprint density at radius 2 is 1.96 bits per heavy atom. The number of carbonyl (C=O) groups is 1. The molecule has 0 fully saturated rings. The Balaban J connectivity index is 1.61. The number of nitrogens with two attached hydrogens (primary N) is 1. The van der Waals surface area contributed by atoms with Crippen LogP contribution in [0.15, 0.2) is 36.4 Å². The number of halogens is 1.